The Labute approximate surface area is 85.1 Å². The van der Waals surface area contributed by atoms with Gasteiger partial charge in [0.15, 0.2) is 0 Å². The van der Waals surface area contributed by atoms with E-state index in [9.17, 15) is 0 Å². The maximum absolute atomic E-state index is 2.38. The molecule has 0 radical (unpaired) electrons. The maximum atomic E-state index is 2.38. The molecule has 13 heavy (non-hydrogen) atoms. The number of hydrogen-bond acceptors (Lipinski definition) is 0. The van der Waals surface area contributed by atoms with Crippen molar-refractivity contribution in [2.24, 2.45) is 23.7 Å². The third kappa shape index (κ3) is 6.12. The minimum Gasteiger partial charge on any atom is -0.0651 e. The van der Waals surface area contributed by atoms with E-state index in [1.807, 2.05) is 0 Å². The Morgan fingerprint density at radius 3 is 1.69 bits per heavy atom. The zero-order valence-electron chi connectivity index (χ0n) is 10.4. The maximum Gasteiger partial charge on any atom is -0.0386 e. The quantitative estimate of drug-likeness (QED) is 0.559. The van der Waals surface area contributed by atoms with E-state index >= 15 is 0 Å². The molecule has 0 aliphatic heterocycles. The van der Waals surface area contributed by atoms with E-state index in [0.29, 0.717) is 0 Å². The van der Waals surface area contributed by atoms with Crippen LogP contribution in [0.3, 0.4) is 0 Å². The van der Waals surface area contributed by atoms with Crippen molar-refractivity contribution in [2.75, 3.05) is 0 Å². The van der Waals surface area contributed by atoms with Gasteiger partial charge in [0, 0.05) is 0 Å². The molecule has 0 saturated carbocycles. The van der Waals surface area contributed by atoms with Crippen molar-refractivity contribution in [3.8, 4) is 0 Å². The van der Waals surface area contributed by atoms with Gasteiger partial charge in [0.1, 0.15) is 0 Å². The van der Waals surface area contributed by atoms with Gasteiger partial charge in [0.2, 0.25) is 0 Å². The van der Waals surface area contributed by atoms with Crippen molar-refractivity contribution < 1.29 is 0 Å². The van der Waals surface area contributed by atoms with Crippen LogP contribution in [0.1, 0.15) is 60.8 Å². The van der Waals surface area contributed by atoms with Crippen molar-refractivity contribution in [3.63, 3.8) is 0 Å². The molecule has 0 aliphatic rings. The third-order valence-corrected chi connectivity index (χ3v) is 3.12. The van der Waals surface area contributed by atoms with E-state index in [-0.39, 0.29) is 0 Å². The lowest BCUT2D eigenvalue weighted by molar-refractivity contribution is 0.258. The first-order chi connectivity index (χ1) is 5.97. The van der Waals surface area contributed by atoms with E-state index in [2.05, 4.69) is 41.5 Å². The highest BCUT2D eigenvalue weighted by molar-refractivity contribution is 4.67. The Morgan fingerprint density at radius 2 is 1.38 bits per heavy atom. The smallest absolute Gasteiger partial charge is 0.0386 e. The summed E-state index contributed by atoms with van der Waals surface area (Å²) in [5.74, 6) is 3.56. The molecule has 0 rings (SSSR count). The van der Waals surface area contributed by atoms with Gasteiger partial charge >= 0.3 is 0 Å². The summed E-state index contributed by atoms with van der Waals surface area (Å²) in [7, 11) is 0. The molecule has 0 aromatic carbocycles. The predicted octanol–water partition coefficient (Wildman–Crippen LogP) is 4.74. The molecule has 80 valence electrons. The topological polar surface area (TPSA) is 0 Å². The van der Waals surface area contributed by atoms with Gasteiger partial charge in [-0.25, -0.2) is 0 Å². The summed E-state index contributed by atoms with van der Waals surface area (Å²) in [6, 6.07) is 0. The minimum atomic E-state index is 0.858. The molecule has 2 atom stereocenters. The predicted molar refractivity (Wildman–Crippen MR) is 61.9 cm³/mol. The van der Waals surface area contributed by atoms with E-state index in [1.165, 1.54) is 19.3 Å². The Morgan fingerprint density at radius 1 is 0.846 bits per heavy atom. The van der Waals surface area contributed by atoms with Gasteiger partial charge in [-0.15, -0.1) is 0 Å². The lowest BCUT2D eigenvalue weighted by atomic mass is 9.81. The van der Waals surface area contributed by atoms with E-state index in [1.54, 1.807) is 0 Å². The highest BCUT2D eigenvalue weighted by Crippen LogP contribution is 2.27. The van der Waals surface area contributed by atoms with Gasteiger partial charge in [0.25, 0.3) is 0 Å². The first kappa shape index (κ1) is 13.0. The summed E-state index contributed by atoms with van der Waals surface area (Å²) >= 11 is 0. The van der Waals surface area contributed by atoms with Crippen LogP contribution in [0.5, 0.6) is 0 Å². The van der Waals surface area contributed by atoms with Crippen LogP contribution in [0.4, 0.5) is 0 Å². The third-order valence-electron chi connectivity index (χ3n) is 3.12. The Hall–Kier alpha value is 0. The lowest BCUT2D eigenvalue weighted by Gasteiger charge is -2.25. The Balaban J connectivity index is 3.94. The number of hydrogen-bond donors (Lipinski definition) is 0. The van der Waals surface area contributed by atoms with Crippen molar-refractivity contribution in [1.82, 2.24) is 0 Å². The Bertz CT molecular complexity index is 113. The molecule has 0 spiro atoms. The summed E-state index contributed by atoms with van der Waals surface area (Å²) in [5, 5.41) is 0. The molecular weight excluding hydrogens is 156 g/mol. The molecule has 0 fully saturated rings. The van der Waals surface area contributed by atoms with Crippen LogP contribution in [-0.2, 0) is 0 Å². The monoisotopic (exact) mass is 184 g/mol. The molecule has 0 heteroatoms. The van der Waals surface area contributed by atoms with Crippen LogP contribution in [-0.4, -0.2) is 0 Å². The SMILES string of the molecule is CCC(C)CC(CC(C)C)C(C)C. The first-order valence-electron chi connectivity index (χ1n) is 5.97. The van der Waals surface area contributed by atoms with Crippen LogP contribution < -0.4 is 0 Å². The van der Waals surface area contributed by atoms with Gasteiger partial charge in [0.05, 0.1) is 0 Å². The fraction of sp³-hybridized carbons (Fsp3) is 1.00. The molecule has 0 aromatic rings. The van der Waals surface area contributed by atoms with Crippen LogP contribution >= 0.6 is 0 Å². The molecule has 2 unspecified atom stereocenters. The second-order valence-electron chi connectivity index (χ2n) is 5.38. The normalized spacial score (nSPS) is 16.6. The van der Waals surface area contributed by atoms with Crippen molar-refractivity contribution in [3.05, 3.63) is 0 Å². The second-order valence-corrected chi connectivity index (χ2v) is 5.38. The van der Waals surface area contributed by atoms with Crippen molar-refractivity contribution >= 4 is 0 Å². The summed E-state index contributed by atoms with van der Waals surface area (Å²) < 4.78 is 0. The zero-order chi connectivity index (χ0) is 10.4. The molecule has 0 heterocycles. The van der Waals surface area contributed by atoms with Crippen LogP contribution in [0.2, 0.25) is 0 Å². The molecular formula is C13H28. The largest absolute Gasteiger partial charge is 0.0651 e. The highest BCUT2D eigenvalue weighted by atomic mass is 14.2. The molecule has 0 saturated heterocycles. The van der Waals surface area contributed by atoms with Gasteiger partial charge in [-0.3, -0.25) is 0 Å². The van der Waals surface area contributed by atoms with Crippen molar-refractivity contribution in [1.29, 1.82) is 0 Å². The molecule has 0 aromatic heterocycles. The van der Waals surface area contributed by atoms with E-state index in [0.717, 1.165) is 23.7 Å². The fourth-order valence-electron chi connectivity index (χ4n) is 1.93. The number of rotatable bonds is 6. The Kier molecular flexibility index (Phi) is 6.45. The minimum absolute atomic E-state index is 0.858. The average molecular weight is 184 g/mol. The summed E-state index contributed by atoms with van der Waals surface area (Å²) in [6.45, 7) is 14.1. The standard InChI is InChI=1S/C13H28/c1-7-12(6)9-13(11(4)5)8-10(2)3/h10-13H,7-9H2,1-6H3. The van der Waals surface area contributed by atoms with Gasteiger partial charge in [-0.2, -0.15) is 0 Å². The van der Waals surface area contributed by atoms with Crippen molar-refractivity contribution in [2.45, 2.75) is 60.8 Å². The molecule has 0 aliphatic carbocycles. The fourth-order valence-corrected chi connectivity index (χ4v) is 1.93. The van der Waals surface area contributed by atoms with Crippen LogP contribution in [0.15, 0.2) is 0 Å². The van der Waals surface area contributed by atoms with Gasteiger partial charge in [-0.05, 0) is 36.5 Å². The average Bonchev–Trinajstić information content (AvgIpc) is 2.02. The van der Waals surface area contributed by atoms with Crippen LogP contribution in [0, 0.1) is 23.7 Å². The summed E-state index contributed by atoms with van der Waals surface area (Å²) in [6.07, 6.45) is 4.16. The molecule has 0 amide bonds. The zero-order valence-corrected chi connectivity index (χ0v) is 10.4. The second kappa shape index (κ2) is 6.45. The van der Waals surface area contributed by atoms with Gasteiger partial charge < -0.3 is 0 Å². The van der Waals surface area contributed by atoms with E-state index < -0.39 is 0 Å². The first-order valence-corrected chi connectivity index (χ1v) is 5.97. The lowest BCUT2D eigenvalue weighted by Crippen LogP contribution is -2.15. The highest BCUT2D eigenvalue weighted by Gasteiger charge is 2.17. The molecule has 0 nitrogen and oxygen atoms in total. The van der Waals surface area contributed by atoms with Crippen LogP contribution in [0.25, 0.3) is 0 Å². The van der Waals surface area contributed by atoms with Gasteiger partial charge in [-0.1, -0.05) is 48.0 Å². The van der Waals surface area contributed by atoms with E-state index in [4.69, 9.17) is 0 Å². The molecule has 0 N–H and O–H groups in total. The molecule has 0 bridgehead atoms. The summed E-state index contributed by atoms with van der Waals surface area (Å²) in [4.78, 5) is 0. The summed E-state index contributed by atoms with van der Waals surface area (Å²) in [5.41, 5.74) is 0.